The van der Waals surface area contributed by atoms with Crippen molar-refractivity contribution in [3.8, 4) is 0 Å². The maximum atomic E-state index is 11.5. The van der Waals surface area contributed by atoms with Crippen molar-refractivity contribution < 1.29 is 27.6 Å². The normalized spacial score (nSPS) is 16.9. The van der Waals surface area contributed by atoms with E-state index in [4.69, 9.17) is 9.47 Å². The van der Waals surface area contributed by atoms with Crippen LogP contribution in [0.2, 0.25) is 0 Å². The second-order valence-electron chi connectivity index (χ2n) is 8.03. The lowest BCUT2D eigenvalue weighted by molar-refractivity contribution is -0.118. The summed E-state index contributed by atoms with van der Waals surface area (Å²) in [4.78, 5) is 2.00. The molecule has 1 atom stereocenters. The summed E-state index contributed by atoms with van der Waals surface area (Å²) in [5.41, 5.74) is 1.41. The minimum Gasteiger partial charge on any atom is -0.389 e. The number of aliphatic hydroxyl groups is 1. The Bertz CT molecular complexity index is 871. The second kappa shape index (κ2) is 10.5. The van der Waals surface area contributed by atoms with Crippen LogP contribution >= 0.6 is 0 Å². The van der Waals surface area contributed by atoms with Crippen LogP contribution in [0.25, 0.3) is 0 Å². The Balaban J connectivity index is 1.60. The summed E-state index contributed by atoms with van der Waals surface area (Å²) in [6, 6.07) is 19.5. The molecule has 0 amide bonds. The molecule has 1 aliphatic heterocycles. The number of nitrogens with zero attached hydrogens (tertiary/aromatic N) is 1. The van der Waals surface area contributed by atoms with Gasteiger partial charge in [0.15, 0.2) is 0 Å². The first kappa shape index (κ1) is 22.9. The molecule has 0 saturated carbocycles. The van der Waals surface area contributed by atoms with Crippen molar-refractivity contribution in [1.82, 2.24) is 4.90 Å². The fourth-order valence-electron chi connectivity index (χ4n) is 3.74. The van der Waals surface area contributed by atoms with Gasteiger partial charge in [-0.2, -0.15) is 8.42 Å². The zero-order chi connectivity index (χ0) is 21.5. The molecule has 2 N–H and O–H groups in total. The van der Waals surface area contributed by atoms with Crippen LogP contribution in [0.4, 0.5) is 0 Å². The van der Waals surface area contributed by atoms with Crippen LogP contribution in [-0.2, 0) is 32.7 Å². The van der Waals surface area contributed by atoms with E-state index in [1.807, 2.05) is 65.6 Å². The molecule has 30 heavy (non-hydrogen) atoms. The van der Waals surface area contributed by atoms with E-state index in [1.165, 1.54) is 0 Å². The Hall–Kier alpha value is -1.81. The van der Waals surface area contributed by atoms with Crippen LogP contribution in [0.3, 0.4) is 0 Å². The Morgan fingerprint density at radius 3 is 2.17 bits per heavy atom. The number of aliphatic hydroxyl groups excluding tert-OH is 1. The van der Waals surface area contributed by atoms with Crippen LogP contribution in [0.15, 0.2) is 60.7 Å². The van der Waals surface area contributed by atoms with Gasteiger partial charge in [0.1, 0.15) is 0 Å². The molecule has 1 saturated heterocycles. The van der Waals surface area contributed by atoms with Crippen LogP contribution in [0.1, 0.15) is 11.1 Å². The predicted molar refractivity (Wildman–Crippen MR) is 113 cm³/mol. The minimum absolute atomic E-state index is 0.169. The summed E-state index contributed by atoms with van der Waals surface area (Å²) in [6.07, 6.45) is -0.735. The zero-order valence-electron chi connectivity index (χ0n) is 16.9. The largest absolute Gasteiger partial charge is 0.389 e. The quantitative estimate of drug-likeness (QED) is 0.492. The SMILES string of the molecule is O=S(=O)(O)CC1(CN(Cc2ccccc2)CC(O)COCc2ccccc2)COC1. The number of hydrogen-bond acceptors (Lipinski definition) is 6. The number of benzene rings is 2. The summed E-state index contributed by atoms with van der Waals surface area (Å²) in [5.74, 6) is -0.355. The van der Waals surface area contributed by atoms with Crippen LogP contribution in [0, 0.1) is 5.41 Å². The molecular weight excluding hydrogens is 406 g/mol. The Morgan fingerprint density at radius 1 is 1.03 bits per heavy atom. The summed E-state index contributed by atoms with van der Waals surface area (Å²) < 4.78 is 43.2. The van der Waals surface area contributed by atoms with E-state index in [1.54, 1.807) is 0 Å². The Labute approximate surface area is 178 Å². The molecule has 1 heterocycles. The third kappa shape index (κ3) is 7.46. The highest BCUT2D eigenvalue weighted by molar-refractivity contribution is 7.85. The van der Waals surface area contributed by atoms with Crippen molar-refractivity contribution in [2.75, 3.05) is 38.7 Å². The molecular formula is C22H29NO6S. The monoisotopic (exact) mass is 435 g/mol. The van der Waals surface area contributed by atoms with Gasteiger partial charge in [0, 0.05) is 25.0 Å². The lowest BCUT2D eigenvalue weighted by Gasteiger charge is -2.44. The fraction of sp³-hybridized carbons (Fsp3) is 0.455. The molecule has 0 radical (unpaired) electrons. The fourth-order valence-corrected chi connectivity index (χ4v) is 4.77. The summed E-state index contributed by atoms with van der Waals surface area (Å²) in [5, 5.41) is 10.5. The Kier molecular flexibility index (Phi) is 7.99. The van der Waals surface area contributed by atoms with Crippen molar-refractivity contribution in [1.29, 1.82) is 0 Å². The van der Waals surface area contributed by atoms with Gasteiger partial charge >= 0.3 is 0 Å². The highest BCUT2D eigenvalue weighted by atomic mass is 32.2. The van der Waals surface area contributed by atoms with E-state index in [0.29, 0.717) is 26.2 Å². The van der Waals surface area contributed by atoms with Gasteiger partial charge in [-0.05, 0) is 11.1 Å². The average molecular weight is 436 g/mol. The molecule has 0 aliphatic carbocycles. The van der Waals surface area contributed by atoms with E-state index >= 15 is 0 Å². The lowest BCUT2D eigenvalue weighted by atomic mass is 9.87. The molecule has 7 nitrogen and oxygen atoms in total. The average Bonchev–Trinajstić information content (AvgIpc) is 2.67. The smallest absolute Gasteiger partial charge is 0.265 e. The standard InChI is InChI=1S/C22H29NO6S/c24-21(14-28-13-20-9-5-2-6-10-20)12-23(11-19-7-3-1-4-8-19)15-22(16-29-17-22)18-30(25,26)27/h1-10,21,24H,11-18H2,(H,25,26,27). The highest BCUT2D eigenvalue weighted by Crippen LogP contribution is 2.31. The molecule has 0 bridgehead atoms. The molecule has 3 rings (SSSR count). The summed E-state index contributed by atoms with van der Waals surface area (Å²) >= 11 is 0. The van der Waals surface area contributed by atoms with E-state index in [0.717, 1.165) is 11.1 Å². The third-order valence-corrected chi connectivity index (χ3v) is 5.98. The van der Waals surface area contributed by atoms with E-state index < -0.39 is 21.6 Å². The van der Waals surface area contributed by atoms with E-state index in [9.17, 15) is 18.1 Å². The molecule has 1 fully saturated rings. The first-order valence-corrected chi connectivity index (χ1v) is 11.5. The van der Waals surface area contributed by atoms with Gasteiger partial charge in [0.25, 0.3) is 10.1 Å². The topological polar surface area (TPSA) is 96.3 Å². The van der Waals surface area contributed by atoms with E-state index in [2.05, 4.69) is 0 Å². The van der Waals surface area contributed by atoms with Crippen LogP contribution in [0.5, 0.6) is 0 Å². The van der Waals surface area contributed by atoms with Crippen molar-refractivity contribution in [2.24, 2.45) is 5.41 Å². The molecule has 0 aromatic heterocycles. The molecule has 2 aromatic carbocycles. The number of hydrogen-bond donors (Lipinski definition) is 2. The first-order valence-electron chi connectivity index (χ1n) is 9.93. The number of ether oxygens (including phenoxy) is 2. The Morgan fingerprint density at radius 2 is 1.63 bits per heavy atom. The summed E-state index contributed by atoms with van der Waals surface area (Å²) in [6.45, 7) is 2.36. The third-order valence-electron chi connectivity index (χ3n) is 5.00. The highest BCUT2D eigenvalue weighted by Gasteiger charge is 2.43. The first-order chi connectivity index (χ1) is 14.3. The van der Waals surface area contributed by atoms with Crippen molar-refractivity contribution >= 4 is 10.1 Å². The van der Waals surface area contributed by atoms with Gasteiger partial charge in [-0.1, -0.05) is 60.7 Å². The van der Waals surface area contributed by atoms with E-state index in [-0.39, 0.29) is 25.6 Å². The molecule has 1 unspecified atom stereocenters. The molecule has 0 spiro atoms. The summed E-state index contributed by atoms with van der Waals surface area (Å²) in [7, 11) is -4.13. The number of rotatable bonds is 12. The van der Waals surface area contributed by atoms with Crippen LogP contribution in [-0.4, -0.2) is 67.7 Å². The van der Waals surface area contributed by atoms with Gasteiger partial charge in [-0.25, -0.2) is 0 Å². The van der Waals surface area contributed by atoms with Gasteiger partial charge < -0.3 is 14.6 Å². The molecule has 2 aromatic rings. The zero-order valence-corrected chi connectivity index (χ0v) is 17.7. The molecule has 164 valence electrons. The van der Waals surface area contributed by atoms with Gasteiger partial charge in [0.05, 0.1) is 38.3 Å². The van der Waals surface area contributed by atoms with Crippen LogP contribution < -0.4 is 0 Å². The van der Waals surface area contributed by atoms with Crippen molar-refractivity contribution in [2.45, 2.75) is 19.3 Å². The van der Waals surface area contributed by atoms with Crippen molar-refractivity contribution in [3.05, 3.63) is 71.8 Å². The van der Waals surface area contributed by atoms with Gasteiger partial charge in [-0.15, -0.1) is 0 Å². The van der Waals surface area contributed by atoms with Gasteiger partial charge in [-0.3, -0.25) is 9.45 Å². The predicted octanol–water partition coefficient (Wildman–Crippen LogP) is 1.97. The maximum Gasteiger partial charge on any atom is 0.265 e. The molecule has 1 aliphatic rings. The van der Waals surface area contributed by atoms with Crippen molar-refractivity contribution in [3.63, 3.8) is 0 Å². The second-order valence-corrected chi connectivity index (χ2v) is 9.48. The van der Waals surface area contributed by atoms with Gasteiger partial charge in [0.2, 0.25) is 0 Å². The molecule has 8 heteroatoms. The minimum atomic E-state index is -4.13. The maximum absolute atomic E-state index is 11.5. The lowest BCUT2D eigenvalue weighted by Crippen LogP contribution is -2.55.